The monoisotopic (exact) mass is 280 g/mol. The second kappa shape index (κ2) is 7.81. The Bertz CT molecular complexity index is 390. The highest BCUT2D eigenvalue weighted by molar-refractivity contribution is 5.17. The summed E-state index contributed by atoms with van der Waals surface area (Å²) in [4.78, 5) is 2.50. The van der Waals surface area contributed by atoms with Crippen molar-refractivity contribution in [2.24, 2.45) is 11.8 Å². The van der Waals surface area contributed by atoms with E-state index < -0.39 is 0 Å². The number of furan rings is 1. The number of hydrogen-bond donors (Lipinski definition) is 1. The van der Waals surface area contributed by atoms with Gasteiger partial charge >= 0.3 is 0 Å². The number of nitrogens with one attached hydrogen (secondary N) is 1. The lowest BCUT2D eigenvalue weighted by atomic mass is 10.1. The Morgan fingerprint density at radius 3 is 3.10 bits per heavy atom. The summed E-state index contributed by atoms with van der Waals surface area (Å²) in [6.45, 7) is 10.5. The third kappa shape index (κ3) is 4.62. The smallest absolute Gasteiger partial charge is 0.122 e. The molecule has 0 radical (unpaired) electrons. The summed E-state index contributed by atoms with van der Waals surface area (Å²) in [5.41, 5.74) is 1.32. The third-order valence-electron chi connectivity index (χ3n) is 3.84. The Balaban J connectivity index is 1.80. The molecular formula is C16H28N2O2. The van der Waals surface area contributed by atoms with Gasteiger partial charge in [0.15, 0.2) is 0 Å². The van der Waals surface area contributed by atoms with Crippen molar-refractivity contribution >= 4 is 0 Å². The highest BCUT2D eigenvalue weighted by Gasteiger charge is 2.23. The van der Waals surface area contributed by atoms with Crippen LogP contribution in [0.15, 0.2) is 16.7 Å². The molecule has 20 heavy (non-hydrogen) atoms. The average Bonchev–Trinajstić information content (AvgIpc) is 3.01. The molecule has 1 fully saturated rings. The van der Waals surface area contributed by atoms with Crippen molar-refractivity contribution in [3.05, 3.63) is 23.7 Å². The SMILES string of the molecule is COCC1CCN(Cc2ccoc2CNCC(C)C)C1. The minimum atomic E-state index is 0.668. The van der Waals surface area contributed by atoms with Gasteiger partial charge in [0.05, 0.1) is 19.4 Å². The Kier molecular flexibility index (Phi) is 6.07. The molecule has 2 rings (SSSR count). The number of ether oxygens (including phenoxy) is 1. The van der Waals surface area contributed by atoms with E-state index in [4.69, 9.17) is 9.15 Å². The zero-order chi connectivity index (χ0) is 14.4. The van der Waals surface area contributed by atoms with Crippen LogP contribution in [0, 0.1) is 11.8 Å². The first kappa shape index (κ1) is 15.5. The van der Waals surface area contributed by atoms with E-state index in [-0.39, 0.29) is 0 Å². The van der Waals surface area contributed by atoms with Gasteiger partial charge in [-0.25, -0.2) is 0 Å². The lowest BCUT2D eigenvalue weighted by Gasteiger charge is -2.16. The summed E-state index contributed by atoms with van der Waals surface area (Å²) in [6.07, 6.45) is 3.05. The largest absolute Gasteiger partial charge is 0.468 e. The molecule has 1 atom stereocenters. The summed E-state index contributed by atoms with van der Waals surface area (Å²) in [5, 5.41) is 3.45. The number of hydrogen-bond acceptors (Lipinski definition) is 4. The van der Waals surface area contributed by atoms with E-state index >= 15 is 0 Å². The molecule has 0 saturated carbocycles. The summed E-state index contributed by atoms with van der Waals surface area (Å²) >= 11 is 0. The molecule has 1 unspecified atom stereocenters. The van der Waals surface area contributed by atoms with Crippen LogP contribution in [0.1, 0.15) is 31.6 Å². The van der Waals surface area contributed by atoms with Crippen LogP contribution in [0.3, 0.4) is 0 Å². The molecule has 1 aliphatic rings. The van der Waals surface area contributed by atoms with Crippen LogP contribution >= 0.6 is 0 Å². The lowest BCUT2D eigenvalue weighted by Crippen LogP contribution is -2.23. The topological polar surface area (TPSA) is 37.6 Å². The highest BCUT2D eigenvalue weighted by Crippen LogP contribution is 2.21. The van der Waals surface area contributed by atoms with Crippen molar-refractivity contribution in [1.82, 2.24) is 10.2 Å². The van der Waals surface area contributed by atoms with Crippen molar-refractivity contribution in [3.63, 3.8) is 0 Å². The molecule has 114 valence electrons. The first-order valence-corrected chi connectivity index (χ1v) is 7.66. The highest BCUT2D eigenvalue weighted by atomic mass is 16.5. The van der Waals surface area contributed by atoms with Crippen molar-refractivity contribution in [3.8, 4) is 0 Å². The third-order valence-corrected chi connectivity index (χ3v) is 3.84. The second-order valence-electron chi connectivity index (χ2n) is 6.24. The standard InChI is InChI=1S/C16H28N2O2/c1-13(2)8-17-9-16-15(5-7-20-16)11-18-6-4-14(10-18)12-19-3/h5,7,13-14,17H,4,6,8-12H2,1-3H3. The maximum atomic E-state index is 5.62. The first-order chi connectivity index (χ1) is 9.69. The Morgan fingerprint density at radius 2 is 2.35 bits per heavy atom. The molecule has 1 aromatic heterocycles. The van der Waals surface area contributed by atoms with E-state index in [0.717, 1.165) is 45.1 Å². The molecule has 4 heteroatoms. The molecule has 0 spiro atoms. The van der Waals surface area contributed by atoms with Gasteiger partial charge in [-0.3, -0.25) is 4.90 Å². The normalized spacial score (nSPS) is 20.1. The number of nitrogens with zero attached hydrogens (tertiary/aromatic N) is 1. The van der Waals surface area contributed by atoms with Gasteiger partial charge in [-0.05, 0) is 37.4 Å². The van der Waals surface area contributed by atoms with Gasteiger partial charge in [0.25, 0.3) is 0 Å². The molecule has 0 amide bonds. The van der Waals surface area contributed by atoms with Crippen LogP contribution in [0.25, 0.3) is 0 Å². The molecule has 1 saturated heterocycles. The predicted molar refractivity (Wildman–Crippen MR) is 80.5 cm³/mol. The van der Waals surface area contributed by atoms with Crippen LogP contribution in [-0.4, -0.2) is 38.3 Å². The molecule has 1 aliphatic heterocycles. The first-order valence-electron chi connectivity index (χ1n) is 7.66. The Hall–Kier alpha value is -0.840. The molecule has 1 aromatic rings. The summed E-state index contributed by atoms with van der Waals surface area (Å²) in [6, 6.07) is 2.11. The molecule has 0 aromatic carbocycles. The van der Waals surface area contributed by atoms with E-state index in [1.54, 1.807) is 7.11 Å². The lowest BCUT2D eigenvalue weighted by molar-refractivity contribution is 0.152. The van der Waals surface area contributed by atoms with Crippen molar-refractivity contribution in [1.29, 1.82) is 0 Å². The van der Waals surface area contributed by atoms with Gasteiger partial charge in [0, 0.05) is 25.8 Å². The van der Waals surface area contributed by atoms with Gasteiger partial charge in [-0.1, -0.05) is 13.8 Å². The average molecular weight is 280 g/mol. The minimum absolute atomic E-state index is 0.668. The van der Waals surface area contributed by atoms with E-state index in [9.17, 15) is 0 Å². The molecule has 2 heterocycles. The molecule has 4 nitrogen and oxygen atoms in total. The van der Waals surface area contributed by atoms with Crippen molar-refractivity contribution in [2.75, 3.05) is 33.4 Å². The van der Waals surface area contributed by atoms with Crippen molar-refractivity contribution in [2.45, 2.75) is 33.4 Å². The predicted octanol–water partition coefficient (Wildman–Crippen LogP) is 2.49. The Labute approximate surface area is 122 Å². The maximum Gasteiger partial charge on any atom is 0.122 e. The van der Waals surface area contributed by atoms with Crippen LogP contribution in [-0.2, 0) is 17.8 Å². The number of rotatable bonds is 8. The van der Waals surface area contributed by atoms with Crippen LogP contribution < -0.4 is 5.32 Å². The van der Waals surface area contributed by atoms with Crippen LogP contribution in [0.4, 0.5) is 0 Å². The quantitative estimate of drug-likeness (QED) is 0.794. The van der Waals surface area contributed by atoms with E-state index in [1.807, 2.05) is 6.26 Å². The second-order valence-corrected chi connectivity index (χ2v) is 6.24. The molecule has 0 bridgehead atoms. The van der Waals surface area contributed by atoms with Crippen LogP contribution in [0.2, 0.25) is 0 Å². The zero-order valence-electron chi connectivity index (χ0n) is 13.0. The summed E-state index contributed by atoms with van der Waals surface area (Å²) in [5.74, 6) is 2.44. The van der Waals surface area contributed by atoms with Gasteiger partial charge in [0.1, 0.15) is 5.76 Å². The number of methoxy groups -OCH3 is 1. The van der Waals surface area contributed by atoms with Crippen LogP contribution in [0.5, 0.6) is 0 Å². The van der Waals surface area contributed by atoms with E-state index in [2.05, 4.69) is 30.1 Å². The van der Waals surface area contributed by atoms with Gasteiger partial charge in [0.2, 0.25) is 0 Å². The summed E-state index contributed by atoms with van der Waals surface area (Å²) < 4.78 is 10.9. The fraction of sp³-hybridized carbons (Fsp3) is 0.750. The van der Waals surface area contributed by atoms with Gasteiger partial charge in [-0.15, -0.1) is 0 Å². The fourth-order valence-corrected chi connectivity index (χ4v) is 2.81. The maximum absolute atomic E-state index is 5.62. The zero-order valence-corrected chi connectivity index (χ0v) is 13.0. The summed E-state index contributed by atoms with van der Waals surface area (Å²) in [7, 11) is 1.79. The Morgan fingerprint density at radius 1 is 1.50 bits per heavy atom. The molecule has 1 N–H and O–H groups in total. The van der Waals surface area contributed by atoms with Gasteiger partial charge < -0.3 is 14.5 Å². The van der Waals surface area contributed by atoms with Crippen molar-refractivity contribution < 1.29 is 9.15 Å². The van der Waals surface area contributed by atoms with Gasteiger partial charge in [-0.2, -0.15) is 0 Å². The molecular weight excluding hydrogens is 252 g/mol. The van der Waals surface area contributed by atoms with E-state index in [0.29, 0.717) is 11.8 Å². The minimum Gasteiger partial charge on any atom is -0.468 e. The number of likely N-dealkylation sites (tertiary alicyclic amines) is 1. The molecule has 0 aliphatic carbocycles. The fourth-order valence-electron chi connectivity index (χ4n) is 2.81. The van der Waals surface area contributed by atoms with E-state index in [1.165, 1.54) is 12.0 Å².